The molecule has 0 saturated heterocycles. The molecule has 2 aromatic rings. The molecule has 0 amide bonds. The first-order valence-electron chi connectivity index (χ1n) is 7.97. The van der Waals surface area contributed by atoms with Crippen molar-refractivity contribution in [1.82, 2.24) is 9.13 Å². The van der Waals surface area contributed by atoms with E-state index >= 15 is 0 Å². The van der Waals surface area contributed by atoms with Crippen LogP contribution < -0.4 is 5.69 Å². The van der Waals surface area contributed by atoms with E-state index in [0.717, 1.165) is 24.5 Å². The van der Waals surface area contributed by atoms with Crippen LogP contribution in [-0.4, -0.2) is 21.7 Å². The first-order valence-corrected chi connectivity index (χ1v) is 8.75. The van der Waals surface area contributed by atoms with Crippen molar-refractivity contribution < 1.29 is 22.7 Å². The number of alkyl halides is 3. The molecule has 0 spiro atoms. The van der Waals surface area contributed by atoms with Crippen LogP contribution in [0.1, 0.15) is 28.9 Å². The predicted molar refractivity (Wildman–Crippen MR) is 94.9 cm³/mol. The number of halogens is 4. The molecule has 1 aliphatic carbocycles. The number of carbonyl (C=O) groups excluding carboxylic acids is 1. The molecule has 0 bridgehead atoms. The second-order valence-corrected chi connectivity index (χ2v) is 7.07. The Morgan fingerprint density at radius 1 is 1.33 bits per heavy atom. The normalized spacial score (nSPS) is 14.3. The number of rotatable bonds is 4. The number of benzene rings is 1. The molecule has 3 rings (SSSR count). The standard InChI is InChI=1S/C17H14ClF3N2O3S/c1-22-13(17(19,20)21)7-14(27)23(16(22)25)10-4-5-12(18)11(6-10)15(24)26-8-9-2-3-9/h4-7,9H,2-3,8H2,1H3. The minimum atomic E-state index is -4.72. The van der Waals surface area contributed by atoms with Crippen LogP contribution in [0.3, 0.4) is 0 Å². The Balaban J connectivity index is 2.05. The van der Waals surface area contributed by atoms with E-state index in [-0.39, 0.29) is 27.5 Å². The highest BCUT2D eigenvalue weighted by molar-refractivity contribution is 7.71. The lowest BCUT2D eigenvalue weighted by atomic mass is 10.2. The van der Waals surface area contributed by atoms with Crippen molar-refractivity contribution in [3.8, 4) is 5.69 Å². The summed E-state index contributed by atoms with van der Waals surface area (Å²) in [5.74, 6) is -0.310. The molecule has 0 N–H and O–H groups in total. The molecule has 1 aromatic carbocycles. The van der Waals surface area contributed by atoms with Gasteiger partial charge in [0.2, 0.25) is 0 Å². The third-order valence-corrected chi connectivity index (χ3v) is 4.82. The van der Waals surface area contributed by atoms with Crippen LogP contribution in [0.15, 0.2) is 29.1 Å². The Bertz CT molecular complexity index is 1030. The Labute approximate surface area is 161 Å². The van der Waals surface area contributed by atoms with Gasteiger partial charge in [-0.2, -0.15) is 13.2 Å². The number of hydrogen-bond acceptors (Lipinski definition) is 4. The van der Waals surface area contributed by atoms with Crippen LogP contribution >= 0.6 is 23.8 Å². The van der Waals surface area contributed by atoms with Crippen molar-refractivity contribution in [2.75, 3.05) is 6.61 Å². The van der Waals surface area contributed by atoms with Gasteiger partial charge in [-0.3, -0.25) is 9.13 Å². The molecule has 1 fully saturated rings. The summed E-state index contributed by atoms with van der Waals surface area (Å²) in [6.07, 6.45) is -2.73. The summed E-state index contributed by atoms with van der Waals surface area (Å²) in [5.41, 5.74) is -2.02. The van der Waals surface area contributed by atoms with E-state index in [2.05, 4.69) is 0 Å². The number of aromatic nitrogens is 2. The molecule has 27 heavy (non-hydrogen) atoms. The first-order chi connectivity index (χ1) is 12.6. The first kappa shape index (κ1) is 19.6. The van der Waals surface area contributed by atoms with Crippen LogP contribution in [0.2, 0.25) is 5.02 Å². The van der Waals surface area contributed by atoms with Crippen molar-refractivity contribution in [3.05, 3.63) is 55.7 Å². The zero-order chi connectivity index (χ0) is 19.9. The van der Waals surface area contributed by atoms with E-state index in [9.17, 15) is 22.8 Å². The average molecular weight is 419 g/mol. The predicted octanol–water partition coefficient (Wildman–Crippen LogP) is 4.14. The topological polar surface area (TPSA) is 53.2 Å². The molecule has 0 atom stereocenters. The van der Waals surface area contributed by atoms with Gasteiger partial charge in [-0.25, -0.2) is 9.59 Å². The van der Waals surface area contributed by atoms with Crippen LogP contribution in [0, 0.1) is 10.6 Å². The Kier molecular flexibility index (Phi) is 5.18. The fourth-order valence-corrected chi connectivity index (χ4v) is 2.99. The summed E-state index contributed by atoms with van der Waals surface area (Å²) in [6.45, 7) is 0.279. The van der Waals surface area contributed by atoms with Crippen molar-refractivity contribution in [2.45, 2.75) is 19.0 Å². The zero-order valence-electron chi connectivity index (χ0n) is 14.0. The van der Waals surface area contributed by atoms with Crippen molar-refractivity contribution in [3.63, 3.8) is 0 Å². The largest absolute Gasteiger partial charge is 0.462 e. The van der Waals surface area contributed by atoms with Gasteiger partial charge in [0, 0.05) is 13.1 Å². The number of esters is 1. The molecule has 1 aliphatic rings. The number of nitrogens with zero attached hydrogens (tertiary/aromatic N) is 2. The molecule has 0 aliphatic heterocycles. The van der Waals surface area contributed by atoms with Gasteiger partial charge in [-0.05, 0) is 37.0 Å². The van der Waals surface area contributed by atoms with Crippen LogP contribution in [0.5, 0.6) is 0 Å². The van der Waals surface area contributed by atoms with E-state index < -0.39 is 23.5 Å². The molecule has 0 unspecified atom stereocenters. The number of hydrogen-bond donors (Lipinski definition) is 0. The van der Waals surface area contributed by atoms with Gasteiger partial charge in [0.15, 0.2) is 0 Å². The van der Waals surface area contributed by atoms with Gasteiger partial charge in [0.25, 0.3) is 0 Å². The third kappa shape index (κ3) is 4.08. The monoisotopic (exact) mass is 418 g/mol. The summed E-state index contributed by atoms with van der Waals surface area (Å²) in [7, 11) is 0.997. The smallest absolute Gasteiger partial charge is 0.431 e. The van der Waals surface area contributed by atoms with Gasteiger partial charge >= 0.3 is 17.8 Å². The molecule has 10 heteroatoms. The molecular formula is C17H14ClF3N2O3S. The molecular weight excluding hydrogens is 405 g/mol. The fourth-order valence-electron chi connectivity index (χ4n) is 2.50. The minimum absolute atomic E-state index is 0.0127. The summed E-state index contributed by atoms with van der Waals surface area (Å²) >= 11 is 11.0. The summed E-state index contributed by atoms with van der Waals surface area (Å²) in [5, 5.41) is 0.106. The maximum absolute atomic E-state index is 13.0. The third-order valence-electron chi connectivity index (χ3n) is 4.19. The summed E-state index contributed by atoms with van der Waals surface area (Å²) < 4.78 is 45.3. The average Bonchev–Trinajstić information content (AvgIpc) is 3.41. The second kappa shape index (κ2) is 7.12. The van der Waals surface area contributed by atoms with E-state index in [1.54, 1.807) is 0 Å². The van der Waals surface area contributed by atoms with Crippen LogP contribution in [0.25, 0.3) is 5.69 Å². The van der Waals surface area contributed by atoms with Gasteiger partial charge in [0.1, 0.15) is 10.3 Å². The molecule has 5 nitrogen and oxygen atoms in total. The van der Waals surface area contributed by atoms with E-state index in [1.165, 1.54) is 18.2 Å². The van der Waals surface area contributed by atoms with E-state index in [0.29, 0.717) is 16.6 Å². The molecule has 144 valence electrons. The number of carbonyl (C=O) groups is 1. The van der Waals surface area contributed by atoms with Crippen molar-refractivity contribution in [1.29, 1.82) is 0 Å². The quantitative estimate of drug-likeness (QED) is 0.553. The van der Waals surface area contributed by atoms with Gasteiger partial charge in [-0.15, -0.1) is 0 Å². The van der Waals surface area contributed by atoms with E-state index in [4.69, 9.17) is 28.6 Å². The van der Waals surface area contributed by atoms with E-state index in [1.807, 2.05) is 0 Å². The lowest BCUT2D eigenvalue weighted by Crippen LogP contribution is -2.33. The van der Waals surface area contributed by atoms with Crippen LogP contribution in [0.4, 0.5) is 13.2 Å². The SMILES string of the molecule is Cn1c(C(F)(F)F)cc(=S)n(-c2ccc(Cl)c(C(=O)OCC3CC3)c2)c1=O. The Morgan fingerprint density at radius 2 is 2.00 bits per heavy atom. The highest BCUT2D eigenvalue weighted by Crippen LogP contribution is 2.30. The summed E-state index contributed by atoms with van der Waals surface area (Å²) in [4.78, 5) is 24.7. The lowest BCUT2D eigenvalue weighted by molar-refractivity contribution is -0.144. The maximum atomic E-state index is 13.0. The lowest BCUT2D eigenvalue weighted by Gasteiger charge is -2.15. The fraction of sp³-hybridized carbons (Fsp3) is 0.353. The van der Waals surface area contributed by atoms with Gasteiger partial charge in [0.05, 0.1) is 22.9 Å². The van der Waals surface area contributed by atoms with Crippen molar-refractivity contribution >= 4 is 29.8 Å². The highest BCUT2D eigenvalue weighted by atomic mass is 35.5. The molecule has 1 heterocycles. The minimum Gasteiger partial charge on any atom is -0.462 e. The molecule has 1 aromatic heterocycles. The highest BCUT2D eigenvalue weighted by Gasteiger charge is 2.34. The zero-order valence-corrected chi connectivity index (χ0v) is 15.6. The van der Waals surface area contributed by atoms with Crippen LogP contribution in [-0.2, 0) is 18.0 Å². The summed E-state index contributed by atoms with van der Waals surface area (Å²) in [6, 6.07) is 4.73. The number of ether oxygens (including phenoxy) is 1. The maximum Gasteiger partial charge on any atom is 0.431 e. The molecule has 1 saturated carbocycles. The van der Waals surface area contributed by atoms with Gasteiger partial charge < -0.3 is 4.74 Å². The Hall–Kier alpha value is -2.13. The van der Waals surface area contributed by atoms with Gasteiger partial charge in [-0.1, -0.05) is 23.8 Å². The van der Waals surface area contributed by atoms with Crippen molar-refractivity contribution in [2.24, 2.45) is 13.0 Å². The Morgan fingerprint density at radius 3 is 2.59 bits per heavy atom. The second-order valence-electron chi connectivity index (χ2n) is 6.25. The molecule has 0 radical (unpaired) electrons.